The van der Waals surface area contributed by atoms with E-state index >= 15 is 0 Å². The summed E-state index contributed by atoms with van der Waals surface area (Å²) in [6.07, 6.45) is 1.67. The summed E-state index contributed by atoms with van der Waals surface area (Å²) in [5.74, 6) is 0.652. The number of hydrogen-bond donors (Lipinski definition) is 1. The summed E-state index contributed by atoms with van der Waals surface area (Å²) >= 11 is 0. The van der Waals surface area contributed by atoms with E-state index in [0.29, 0.717) is 12.2 Å². The minimum absolute atomic E-state index is 0.0346. The van der Waals surface area contributed by atoms with Gasteiger partial charge in [0.2, 0.25) is 0 Å². The number of ketones is 1. The van der Waals surface area contributed by atoms with Gasteiger partial charge in [-0.1, -0.05) is 12.7 Å². The van der Waals surface area contributed by atoms with Crippen LogP contribution in [0.5, 0.6) is 5.75 Å². The summed E-state index contributed by atoms with van der Waals surface area (Å²) in [5, 5.41) is 0. The zero-order valence-electron chi connectivity index (χ0n) is 7.90. The van der Waals surface area contributed by atoms with E-state index in [1.54, 1.807) is 30.3 Å². The Morgan fingerprint density at radius 2 is 2.07 bits per heavy atom. The van der Waals surface area contributed by atoms with Gasteiger partial charge < -0.3 is 10.5 Å². The quantitative estimate of drug-likeness (QED) is 0.565. The molecule has 0 spiro atoms. The molecule has 0 heterocycles. The molecule has 3 nitrogen and oxygen atoms in total. The minimum Gasteiger partial charge on any atom is -0.490 e. The lowest BCUT2D eigenvalue weighted by Gasteiger charge is -2.03. The van der Waals surface area contributed by atoms with Crippen molar-refractivity contribution in [2.75, 3.05) is 13.2 Å². The molecule has 74 valence electrons. The van der Waals surface area contributed by atoms with Crippen LogP contribution < -0.4 is 10.5 Å². The minimum atomic E-state index is -0.0692. The molecule has 0 aliphatic rings. The Hall–Kier alpha value is -1.61. The summed E-state index contributed by atoms with van der Waals surface area (Å²) in [4.78, 5) is 11.2. The fourth-order valence-corrected chi connectivity index (χ4v) is 1.01. The van der Waals surface area contributed by atoms with E-state index in [0.717, 1.165) is 5.75 Å². The van der Waals surface area contributed by atoms with Crippen LogP contribution in [0.4, 0.5) is 0 Å². The molecule has 14 heavy (non-hydrogen) atoms. The number of benzene rings is 1. The van der Waals surface area contributed by atoms with Crippen molar-refractivity contribution in [2.45, 2.75) is 0 Å². The third-order valence-electron chi connectivity index (χ3n) is 1.73. The maximum absolute atomic E-state index is 11.2. The molecule has 0 amide bonds. The molecule has 0 saturated carbocycles. The first-order chi connectivity index (χ1) is 6.77. The molecule has 0 fully saturated rings. The average Bonchev–Trinajstić information content (AvgIpc) is 2.26. The molecule has 0 atom stereocenters. The number of hydrogen-bond acceptors (Lipinski definition) is 3. The van der Waals surface area contributed by atoms with Crippen molar-refractivity contribution >= 4 is 5.78 Å². The molecule has 0 unspecified atom stereocenters. The second kappa shape index (κ2) is 5.19. The van der Waals surface area contributed by atoms with Gasteiger partial charge in [-0.25, -0.2) is 0 Å². The lowest BCUT2D eigenvalue weighted by atomic mass is 10.1. The first kappa shape index (κ1) is 10.5. The van der Waals surface area contributed by atoms with E-state index in [2.05, 4.69) is 6.58 Å². The summed E-state index contributed by atoms with van der Waals surface area (Å²) in [7, 11) is 0. The van der Waals surface area contributed by atoms with Gasteiger partial charge in [-0.2, -0.15) is 0 Å². The fourth-order valence-electron chi connectivity index (χ4n) is 1.01. The van der Waals surface area contributed by atoms with Crippen LogP contribution in [-0.4, -0.2) is 18.9 Å². The monoisotopic (exact) mass is 191 g/mol. The van der Waals surface area contributed by atoms with Crippen LogP contribution in [0.25, 0.3) is 0 Å². The average molecular weight is 191 g/mol. The number of nitrogens with two attached hydrogens (primary N) is 1. The molecule has 0 aliphatic heterocycles. The Morgan fingerprint density at radius 1 is 1.43 bits per heavy atom. The van der Waals surface area contributed by atoms with Gasteiger partial charge in [0.25, 0.3) is 0 Å². The second-order valence-corrected chi connectivity index (χ2v) is 2.75. The first-order valence-electron chi connectivity index (χ1n) is 4.35. The fraction of sp³-hybridized carbons (Fsp3) is 0.182. The molecular weight excluding hydrogens is 178 g/mol. The van der Waals surface area contributed by atoms with E-state index in [4.69, 9.17) is 10.5 Å². The highest BCUT2D eigenvalue weighted by molar-refractivity contribution is 5.97. The maximum Gasteiger partial charge on any atom is 0.176 e. The zero-order chi connectivity index (χ0) is 10.4. The van der Waals surface area contributed by atoms with Crippen molar-refractivity contribution in [1.29, 1.82) is 0 Å². The highest BCUT2D eigenvalue weighted by atomic mass is 16.5. The molecule has 3 heteroatoms. The van der Waals surface area contributed by atoms with Crippen LogP contribution >= 0.6 is 0 Å². The van der Waals surface area contributed by atoms with Crippen molar-refractivity contribution < 1.29 is 9.53 Å². The van der Waals surface area contributed by atoms with Gasteiger partial charge in [0, 0.05) is 5.56 Å². The molecule has 0 radical (unpaired) electrons. The largest absolute Gasteiger partial charge is 0.490 e. The van der Waals surface area contributed by atoms with Crippen molar-refractivity contribution in [3.05, 3.63) is 42.5 Å². The molecule has 0 bridgehead atoms. The highest BCUT2D eigenvalue weighted by Crippen LogP contribution is 2.12. The van der Waals surface area contributed by atoms with Gasteiger partial charge in [0.15, 0.2) is 5.78 Å². The lowest BCUT2D eigenvalue weighted by molar-refractivity contribution is 0.100. The van der Waals surface area contributed by atoms with Crippen LogP contribution in [0.1, 0.15) is 10.4 Å². The number of ether oxygens (including phenoxy) is 1. The van der Waals surface area contributed by atoms with Gasteiger partial charge in [-0.3, -0.25) is 4.79 Å². The first-order valence-corrected chi connectivity index (χ1v) is 4.35. The summed E-state index contributed by atoms with van der Waals surface area (Å²) in [5.41, 5.74) is 5.84. The summed E-state index contributed by atoms with van der Waals surface area (Å²) < 4.78 is 5.26. The summed E-state index contributed by atoms with van der Waals surface area (Å²) in [6, 6.07) is 6.89. The molecule has 0 aliphatic carbocycles. The Labute approximate surface area is 83.2 Å². The van der Waals surface area contributed by atoms with Crippen molar-refractivity contribution in [2.24, 2.45) is 5.73 Å². The Balaban J connectivity index is 2.68. The number of carbonyl (C=O) groups excluding carboxylic acids is 1. The molecule has 1 aromatic rings. The topological polar surface area (TPSA) is 52.3 Å². The second-order valence-electron chi connectivity index (χ2n) is 2.75. The molecule has 0 saturated heterocycles. The van der Waals surface area contributed by atoms with E-state index < -0.39 is 0 Å². The Bertz CT molecular complexity index is 317. The van der Waals surface area contributed by atoms with Crippen molar-refractivity contribution in [3.8, 4) is 5.75 Å². The van der Waals surface area contributed by atoms with Gasteiger partial charge >= 0.3 is 0 Å². The Kier molecular flexibility index (Phi) is 3.88. The molecule has 2 N–H and O–H groups in total. The van der Waals surface area contributed by atoms with Crippen LogP contribution in [0.3, 0.4) is 0 Å². The van der Waals surface area contributed by atoms with Crippen molar-refractivity contribution in [3.63, 3.8) is 0 Å². The predicted molar refractivity (Wildman–Crippen MR) is 55.5 cm³/mol. The highest BCUT2D eigenvalue weighted by Gasteiger charge is 2.02. The van der Waals surface area contributed by atoms with Crippen LogP contribution in [0.2, 0.25) is 0 Å². The third kappa shape index (κ3) is 2.71. The van der Waals surface area contributed by atoms with Gasteiger partial charge in [-0.15, -0.1) is 0 Å². The molecule has 1 aromatic carbocycles. The van der Waals surface area contributed by atoms with Crippen LogP contribution in [0.15, 0.2) is 36.9 Å². The van der Waals surface area contributed by atoms with E-state index in [1.807, 2.05) is 0 Å². The standard InChI is InChI=1S/C11H13NO2/c1-2-7-14-10-5-3-9(4-6-10)11(13)8-12/h2-6H,1,7-8,12H2. The smallest absolute Gasteiger partial charge is 0.176 e. The lowest BCUT2D eigenvalue weighted by Crippen LogP contribution is -2.13. The normalized spacial score (nSPS) is 9.50. The SMILES string of the molecule is C=CCOc1ccc(C(=O)CN)cc1. The summed E-state index contributed by atoms with van der Waals surface area (Å²) in [6.45, 7) is 4.04. The molecular formula is C11H13NO2. The van der Waals surface area contributed by atoms with E-state index in [1.165, 1.54) is 0 Å². The predicted octanol–water partition coefficient (Wildman–Crippen LogP) is 1.39. The number of carbonyl (C=O) groups is 1. The number of rotatable bonds is 5. The number of Topliss-reactive ketones (excluding diaryl/α,β-unsaturated/α-hetero) is 1. The van der Waals surface area contributed by atoms with E-state index in [-0.39, 0.29) is 12.3 Å². The van der Waals surface area contributed by atoms with Gasteiger partial charge in [0.1, 0.15) is 12.4 Å². The molecule has 0 aromatic heterocycles. The van der Waals surface area contributed by atoms with E-state index in [9.17, 15) is 4.79 Å². The van der Waals surface area contributed by atoms with Crippen LogP contribution in [0, 0.1) is 0 Å². The van der Waals surface area contributed by atoms with Crippen LogP contribution in [-0.2, 0) is 0 Å². The van der Waals surface area contributed by atoms with Gasteiger partial charge in [-0.05, 0) is 24.3 Å². The third-order valence-corrected chi connectivity index (χ3v) is 1.73. The zero-order valence-corrected chi connectivity index (χ0v) is 7.90. The van der Waals surface area contributed by atoms with Gasteiger partial charge in [0.05, 0.1) is 6.54 Å². The maximum atomic E-state index is 11.2. The van der Waals surface area contributed by atoms with Crippen molar-refractivity contribution in [1.82, 2.24) is 0 Å². The molecule has 1 rings (SSSR count). The Morgan fingerprint density at radius 3 is 2.57 bits per heavy atom.